The molecule has 1 saturated heterocycles. The van der Waals surface area contributed by atoms with E-state index in [1.807, 2.05) is 25.1 Å². The minimum Gasteiger partial charge on any atom is -0.363 e. The van der Waals surface area contributed by atoms with Gasteiger partial charge < -0.3 is 15.1 Å². The molecule has 1 aliphatic rings. The average Bonchev–Trinajstić information content (AvgIpc) is 2.76. The number of nitrogens with zero attached hydrogens (tertiary/aromatic N) is 4. The highest BCUT2D eigenvalue weighted by atomic mass is 15.3. The fourth-order valence-electron chi connectivity index (χ4n) is 3.78. The van der Waals surface area contributed by atoms with Gasteiger partial charge in [-0.3, -0.25) is 0 Å². The maximum absolute atomic E-state index is 4.83. The highest BCUT2D eigenvalue weighted by molar-refractivity contribution is 5.62. The zero-order chi connectivity index (χ0) is 20.2. The normalized spacial score (nSPS) is 14.7. The van der Waals surface area contributed by atoms with E-state index in [4.69, 9.17) is 9.97 Å². The van der Waals surface area contributed by atoms with Gasteiger partial charge in [0.1, 0.15) is 11.6 Å². The van der Waals surface area contributed by atoms with Crippen LogP contribution in [0.2, 0.25) is 0 Å². The van der Waals surface area contributed by atoms with Crippen LogP contribution in [-0.4, -0.2) is 37.2 Å². The molecule has 0 saturated carbocycles. The molecule has 0 aliphatic carbocycles. The summed E-state index contributed by atoms with van der Waals surface area (Å²) in [6.07, 6.45) is 2.25. The Kier molecular flexibility index (Phi) is 5.65. The number of rotatable bonds is 5. The largest absolute Gasteiger partial charge is 0.363 e. The topological polar surface area (TPSA) is 44.3 Å². The number of aryl methyl sites for hydroxylation is 1. The first kappa shape index (κ1) is 19.2. The van der Waals surface area contributed by atoms with Crippen molar-refractivity contribution in [2.45, 2.75) is 25.7 Å². The van der Waals surface area contributed by atoms with Gasteiger partial charge in [-0.05, 0) is 43.4 Å². The zero-order valence-corrected chi connectivity index (χ0v) is 17.5. The molecule has 0 atom stereocenters. The van der Waals surface area contributed by atoms with Gasteiger partial charge in [0.2, 0.25) is 5.95 Å². The Morgan fingerprint density at radius 2 is 1.62 bits per heavy atom. The lowest BCUT2D eigenvalue weighted by molar-refractivity contribution is 0.499. The van der Waals surface area contributed by atoms with E-state index in [9.17, 15) is 0 Å². The van der Waals surface area contributed by atoms with Crippen molar-refractivity contribution in [3.63, 3.8) is 0 Å². The van der Waals surface area contributed by atoms with Crippen molar-refractivity contribution >= 4 is 23.3 Å². The second-order valence-corrected chi connectivity index (χ2v) is 7.97. The van der Waals surface area contributed by atoms with Crippen molar-refractivity contribution in [2.24, 2.45) is 0 Å². The SMILES string of the molecule is Cc1ccc(Nc2cc(N(C)C)nc(N3CCC(c4ccccc4)CC3)n2)cc1. The smallest absolute Gasteiger partial charge is 0.229 e. The molecule has 1 N–H and O–H groups in total. The van der Waals surface area contributed by atoms with E-state index >= 15 is 0 Å². The lowest BCUT2D eigenvalue weighted by Crippen LogP contribution is -2.34. The third-order valence-corrected chi connectivity index (χ3v) is 5.53. The molecule has 0 spiro atoms. The van der Waals surface area contributed by atoms with Crippen molar-refractivity contribution in [2.75, 3.05) is 42.3 Å². The Morgan fingerprint density at radius 3 is 2.28 bits per heavy atom. The van der Waals surface area contributed by atoms with Crippen LogP contribution in [0.5, 0.6) is 0 Å². The first-order chi connectivity index (χ1) is 14.1. The summed E-state index contributed by atoms with van der Waals surface area (Å²) in [6.45, 7) is 4.04. The molecule has 0 radical (unpaired) electrons. The maximum atomic E-state index is 4.83. The summed E-state index contributed by atoms with van der Waals surface area (Å²) in [5.41, 5.74) is 3.72. The van der Waals surface area contributed by atoms with Crippen LogP contribution in [0.3, 0.4) is 0 Å². The number of hydrogen-bond donors (Lipinski definition) is 1. The molecule has 2 heterocycles. The van der Waals surface area contributed by atoms with Crippen LogP contribution in [-0.2, 0) is 0 Å². The van der Waals surface area contributed by atoms with E-state index in [0.29, 0.717) is 5.92 Å². The summed E-state index contributed by atoms with van der Waals surface area (Å²) >= 11 is 0. The number of benzene rings is 2. The van der Waals surface area contributed by atoms with Gasteiger partial charge in [-0.2, -0.15) is 9.97 Å². The lowest BCUT2D eigenvalue weighted by atomic mass is 9.90. The summed E-state index contributed by atoms with van der Waals surface area (Å²) in [6, 6.07) is 21.2. The molecule has 150 valence electrons. The molecular weight excluding hydrogens is 358 g/mol. The van der Waals surface area contributed by atoms with E-state index in [1.54, 1.807) is 0 Å². The van der Waals surface area contributed by atoms with E-state index < -0.39 is 0 Å². The predicted molar refractivity (Wildman–Crippen MR) is 121 cm³/mol. The second kappa shape index (κ2) is 8.52. The first-order valence-corrected chi connectivity index (χ1v) is 10.3. The van der Waals surface area contributed by atoms with Crippen molar-refractivity contribution in [1.29, 1.82) is 0 Å². The van der Waals surface area contributed by atoms with E-state index in [2.05, 4.69) is 71.7 Å². The van der Waals surface area contributed by atoms with E-state index in [1.165, 1.54) is 11.1 Å². The van der Waals surface area contributed by atoms with Gasteiger partial charge >= 0.3 is 0 Å². The van der Waals surface area contributed by atoms with Crippen molar-refractivity contribution in [1.82, 2.24) is 9.97 Å². The van der Waals surface area contributed by atoms with Gasteiger partial charge in [0, 0.05) is 38.9 Å². The Labute approximate surface area is 173 Å². The van der Waals surface area contributed by atoms with E-state index in [0.717, 1.165) is 49.2 Å². The van der Waals surface area contributed by atoms with Crippen LogP contribution in [0.25, 0.3) is 0 Å². The number of piperidine rings is 1. The minimum absolute atomic E-state index is 0.620. The van der Waals surface area contributed by atoms with Gasteiger partial charge in [0.15, 0.2) is 0 Å². The molecule has 0 amide bonds. The average molecular weight is 388 g/mol. The summed E-state index contributed by atoms with van der Waals surface area (Å²) in [5.74, 6) is 3.16. The molecular formula is C24H29N5. The molecule has 5 nitrogen and oxygen atoms in total. The highest BCUT2D eigenvalue weighted by Crippen LogP contribution is 2.30. The lowest BCUT2D eigenvalue weighted by Gasteiger charge is -2.32. The fraction of sp³-hybridized carbons (Fsp3) is 0.333. The Hall–Kier alpha value is -3.08. The standard InChI is InChI=1S/C24H29N5/c1-18-9-11-21(12-10-18)25-22-17-23(28(2)3)27-24(26-22)29-15-13-20(14-16-29)19-7-5-4-6-8-19/h4-12,17,20H,13-16H2,1-3H3,(H,25,26,27). The molecule has 5 heteroatoms. The molecule has 0 bridgehead atoms. The fourth-order valence-corrected chi connectivity index (χ4v) is 3.78. The predicted octanol–water partition coefficient (Wildman–Crippen LogP) is 4.98. The van der Waals surface area contributed by atoms with Gasteiger partial charge in [0.05, 0.1) is 0 Å². The highest BCUT2D eigenvalue weighted by Gasteiger charge is 2.23. The minimum atomic E-state index is 0.620. The number of aromatic nitrogens is 2. The zero-order valence-electron chi connectivity index (χ0n) is 17.5. The Bertz CT molecular complexity index is 929. The monoisotopic (exact) mass is 387 g/mol. The van der Waals surface area contributed by atoms with Crippen LogP contribution in [0.1, 0.15) is 29.9 Å². The Morgan fingerprint density at radius 1 is 0.931 bits per heavy atom. The molecule has 4 rings (SSSR count). The summed E-state index contributed by atoms with van der Waals surface area (Å²) < 4.78 is 0. The third kappa shape index (κ3) is 4.67. The molecule has 0 unspecified atom stereocenters. The van der Waals surface area contributed by atoms with Gasteiger partial charge in [-0.15, -0.1) is 0 Å². The molecule has 3 aromatic rings. The number of nitrogens with one attached hydrogen (secondary N) is 1. The van der Waals surface area contributed by atoms with Crippen molar-refractivity contribution in [3.05, 3.63) is 71.8 Å². The third-order valence-electron chi connectivity index (χ3n) is 5.53. The maximum Gasteiger partial charge on any atom is 0.229 e. The molecule has 1 aromatic heterocycles. The Balaban J connectivity index is 1.52. The number of hydrogen-bond acceptors (Lipinski definition) is 5. The van der Waals surface area contributed by atoms with Gasteiger partial charge in [-0.25, -0.2) is 0 Å². The molecule has 1 fully saturated rings. The van der Waals surface area contributed by atoms with Crippen LogP contribution in [0, 0.1) is 6.92 Å². The first-order valence-electron chi connectivity index (χ1n) is 10.3. The summed E-state index contributed by atoms with van der Waals surface area (Å²) in [4.78, 5) is 14.0. The molecule has 29 heavy (non-hydrogen) atoms. The molecule has 1 aliphatic heterocycles. The summed E-state index contributed by atoms with van der Waals surface area (Å²) in [7, 11) is 4.03. The van der Waals surface area contributed by atoms with E-state index in [-0.39, 0.29) is 0 Å². The van der Waals surface area contributed by atoms with Crippen molar-refractivity contribution in [3.8, 4) is 0 Å². The second-order valence-electron chi connectivity index (χ2n) is 7.97. The van der Waals surface area contributed by atoms with Crippen LogP contribution >= 0.6 is 0 Å². The van der Waals surface area contributed by atoms with Crippen LogP contribution < -0.4 is 15.1 Å². The summed E-state index contributed by atoms with van der Waals surface area (Å²) in [5, 5.41) is 3.44. The quantitative estimate of drug-likeness (QED) is 0.669. The van der Waals surface area contributed by atoms with Crippen LogP contribution in [0.15, 0.2) is 60.7 Å². The van der Waals surface area contributed by atoms with Gasteiger partial charge in [0.25, 0.3) is 0 Å². The number of anilines is 4. The van der Waals surface area contributed by atoms with Crippen LogP contribution in [0.4, 0.5) is 23.3 Å². The van der Waals surface area contributed by atoms with Gasteiger partial charge in [-0.1, -0.05) is 48.0 Å². The van der Waals surface area contributed by atoms with Crippen molar-refractivity contribution < 1.29 is 0 Å². The molecule has 2 aromatic carbocycles.